The highest BCUT2D eigenvalue weighted by atomic mass is 35.5. The number of carbonyl (C=O) groups excluding carboxylic acids is 1. The maximum atomic E-state index is 12.1. The fourth-order valence-corrected chi connectivity index (χ4v) is 3.31. The lowest BCUT2D eigenvalue weighted by Crippen LogP contribution is -2.11. The molecule has 0 spiro atoms. The highest BCUT2D eigenvalue weighted by Crippen LogP contribution is 2.18. The maximum absolute atomic E-state index is 12.1. The molecule has 0 N–H and O–H groups in total. The number of ketones is 1. The zero-order chi connectivity index (χ0) is 14.6. The first-order valence-corrected chi connectivity index (χ1v) is 8.09. The Balaban J connectivity index is 2.09. The third-order valence-corrected chi connectivity index (χ3v) is 4.80. The molecule has 104 valence electrons. The molecule has 2 rings (SSSR count). The van der Waals surface area contributed by atoms with E-state index in [-0.39, 0.29) is 22.9 Å². The van der Waals surface area contributed by atoms with Gasteiger partial charge in [0.15, 0.2) is 15.6 Å². The third kappa shape index (κ3) is 3.68. The summed E-state index contributed by atoms with van der Waals surface area (Å²) in [6, 6.07) is 14.7. The van der Waals surface area contributed by atoms with Crippen molar-refractivity contribution in [3.05, 3.63) is 65.2 Å². The van der Waals surface area contributed by atoms with Gasteiger partial charge in [0.1, 0.15) is 0 Å². The van der Waals surface area contributed by atoms with Crippen LogP contribution in [0.15, 0.2) is 59.5 Å². The molecular formula is C15H13ClO3S. The molecule has 5 heteroatoms. The Bertz CT molecular complexity index is 709. The van der Waals surface area contributed by atoms with E-state index >= 15 is 0 Å². The van der Waals surface area contributed by atoms with E-state index in [1.807, 2.05) is 0 Å². The van der Waals surface area contributed by atoms with Crippen LogP contribution in [0.2, 0.25) is 5.02 Å². The molecule has 0 unspecified atom stereocenters. The van der Waals surface area contributed by atoms with E-state index in [1.165, 1.54) is 12.1 Å². The van der Waals surface area contributed by atoms with Crippen molar-refractivity contribution in [2.75, 3.05) is 5.75 Å². The van der Waals surface area contributed by atoms with Gasteiger partial charge in [0, 0.05) is 17.0 Å². The molecular weight excluding hydrogens is 296 g/mol. The smallest absolute Gasteiger partial charge is 0.178 e. The van der Waals surface area contributed by atoms with Crippen molar-refractivity contribution in [2.24, 2.45) is 0 Å². The normalized spacial score (nSPS) is 11.2. The molecule has 2 aromatic carbocycles. The van der Waals surface area contributed by atoms with Crippen LogP contribution in [0, 0.1) is 0 Å². The summed E-state index contributed by atoms with van der Waals surface area (Å²) in [7, 11) is -3.49. The highest BCUT2D eigenvalue weighted by Gasteiger charge is 2.17. The van der Waals surface area contributed by atoms with Gasteiger partial charge in [-0.1, -0.05) is 48.0 Å². The van der Waals surface area contributed by atoms with E-state index in [4.69, 9.17) is 11.6 Å². The Morgan fingerprint density at radius 3 is 2.35 bits per heavy atom. The SMILES string of the molecule is O=C(CCS(=O)(=O)c1cccc(Cl)c1)c1ccccc1. The Hall–Kier alpha value is -1.65. The van der Waals surface area contributed by atoms with Crippen LogP contribution in [0.4, 0.5) is 0 Å². The zero-order valence-electron chi connectivity index (χ0n) is 10.6. The average molecular weight is 309 g/mol. The highest BCUT2D eigenvalue weighted by molar-refractivity contribution is 7.91. The number of benzene rings is 2. The number of halogens is 1. The summed E-state index contributed by atoms with van der Waals surface area (Å²) in [4.78, 5) is 12.0. The summed E-state index contributed by atoms with van der Waals surface area (Å²) in [5.74, 6) is -0.405. The molecule has 0 saturated heterocycles. The van der Waals surface area contributed by atoms with Crippen LogP contribution in [-0.4, -0.2) is 20.0 Å². The lowest BCUT2D eigenvalue weighted by atomic mass is 10.1. The Morgan fingerprint density at radius 1 is 1.00 bits per heavy atom. The van der Waals surface area contributed by atoms with Crippen LogP contribution in [0.3, 0.4) is 0 Å². The van der Waals surface area contributed by atoms with Gasteiger partial charge in [0.2, 0.25) is 0 Å². The fraction of sp³-hybridized carbons (Fsp3) is 0.133. The van der Waals surface area contributed by atoms with Gasteiger partial charge in [-0.2, -0.15) is 0 Å². The molecule has 3 nitrogen and oxygen atoms in total. The summed E-state index contributed by atoms with van der Waals surface area (Å²) in [6.07, 6.45) is -0.0428. The average Bonchev–Trinajstić information content (AvgIpc) is 2.46. The Morgan fingerprint density at radius 2 is 1.70 bits per heavy atom. The Kier molecular flexibility index (Phi) is 4.57. The van der Waals surface area contributed by atoms with Crippen molar-refractivity contribution in [3.63, 3.8) is 0 Å². The lowest BCUT2D eigenvalue weighted by Gasteiger charge is -2.04. The molecule has 0 aliphatic heterocycles. The van der Waals surface area contributed by atoms with Gasteiger partial charge in [-0.3, -0.25) is 4.79 Å². The second-order valence-corrected chi connectivity index (χ2v) is 6.86. The molecule has 0 heterocycles. The summed E-state index contributed by atoms with van der Waals surface area (Å²) >= 11 is 5.78. The molecule has 0 saturated carbocycles. The molecule has 0 radical (unpaired) electrons. The van der Waals surface area contributed by atoms with E-state index in [9.17, 15) is 13.2 Å². The van der Waals surface area contributed by atoms with Crippen LogP contribution in [0.1, 0.15) is 16.8 Å². The molecule has 0 amide bonds. The molecule has 2 aromatic rings. The number of Topliss-reactive ketones (excluding diaryl/α,β-unsaturated/α-hetero) is 1. The summed E-state index contributed by atoms with van der Waals surface area (Å²) in [5.41, 5.74) is 0.522. The van der Waals surface area contributed by atoms with Crippen LogP contribution in [0.5, 0.6) is 0 Å². The largest absolute Gasteiger partial charge is 0.294 e. The summed E-state index contributed by atoms with van der Waals surface area (Å²) < 4.78 is 24.2. The van der Waals surface area contributed by atoms with Gasteiger partial charge in [0.05, 0.1) is 10.6 Å². The van der Waals surface area contributed by atoms with Gasteiger partial charge in [-0.25, -0.2) is 8.42 Å². The standard InChI is InChI=1S/C15H13ClO3S/c16-13-7-4-8-14(11-13)20(18,19)10-9-15(17)12-5-2-1-3-6-12/h1-8,11H,9-10H2. The molecule has 0 atom stereocenters. The van der Waals surface area contributed by atoms with Crippen LogP contribution in [-0.2, 0) is 9.84 Å². The van der Waals surface area contributed by atoms with Crippen LogP contribution in [0.25, 0.3) is 0 Å². The van der Waals surface area contributed by atoms with E-state index in [0.717, 1.165) is 0 Å². The number of hydrogen-bond acceptors (Lipinski definition) is 3. The van der Waals surface area contributed by atoms with Gasteiger partial charge >= 0.3 is 0 Å². The quantitative estimate of drug-likeness (QED) is 0.796. The van der Waals surface area contributed by atoms with Gasteiger partial charge in [-0.15, -0.1) is 0 Å². The van der Waals surface area contributed by atoms with Crippen molar-refractivity contribution >= 4 is 27.2 Å². The molecule has 0 bridgehead atoms. The summed E-state index contributed by atoms with van der Waals surface area (Å²) in [5, 5.41) is 0.362. The van der Waals surface area contributed by atoms with Crippen molar-refractivity contribution in [1.29, 1.82) is 0 Å². The molecule has 0 aliphatic rings. The van der Waals surface area contributed by atoms with E-state index < -0.39 is 9.84 Å². The van der Waals surface area contributed by atoms with E-state index in [1.54, 1.807) is 42.5 Å². The van der Waals surface area contributed by atoms with Crippen molar-refractivity contribution in [3.8, 4) is 0 Å². The van der Waals surface area contributed by atoms with Crippen LogP contribution >= 0.6 is 11.6 Å². The molecule has 0 aliphatic carbocycles. The first kappa shape index (κ1) is 14.8. The minimum Gasteiger partial charge on any atom is -0.294 e. The van der Waals surface area contributed by atoms with E-state index in [2.05, 4.69) is 0 Å². The second-order valence-electron chi connectivity index (χ2n) is 4.32. The monoisotopic (exact) mass is 308 g/mol. The number of carbonyl (C=O) groups is 1. The van der Waals surface area contributed by atoms with Crippen LogP contribution < -0.4 is 0 Å². The first-order chi connectivity index (χ1) is 9.49. The maximum Gasteiger partial charge on any atom is 0.178 e. The minimum atomic E-state index is -3.49. The molecule has 0 aromatic heterocycles. The summed E-state index contributed by atoms with van der Waals surface area (Å²) in [6.45, 7) is 0. The van der Waals surface area contributed by atoms with E-state index in [0.29, 0.717) is 10.6 Å². The van der Waals surface area contributed by atoms with Gasteiger partial charge in [-0.05, 0) is 18.2 Å². The predicted molar refractivity (Wildman–Crippen MR) is 78.9 cm³/mol. The first-order valence-electron chi connectivity index (χ1n) is 6.05. The third-order valence-electron chi connectivity index (χ3n) is 2.85. The second kappa shape index (κ2) is 6.20. The number of hydrogen-bond donors (Lipinski definition) is 0. The molecule has 0 fully saturated rings. The Labute approximate surface area is 123 Å². The van der Waals surface area contributed by atoms with Gasteiger partial charge < -0.3 is 0 Å². The molecule has 20 heavy (non-hydrogen) atoms. The fourth-order valence-electron chi connectivity index (χ4n) is 1.77. The topological polar surface area (TPSA) is 51.2 Å². The number of rotatable bonds is 5. The lowest BCUT2D eigenvalue weighted by molar-refractivity contribution is 0.0989. The predicted octanol–water partition coefficient (Wildman–Crippen LogP) is 3.39. The zero-order valence-corrected chi connectivity index (χ0v) is 12.2. The van der Waals surface area contributed by atoms with Crippen molar-refractivity contribution < 1.29 is 13.2 Å². The minimum absolute atomic E-state index is 0.0428. The van der Waals surface area contributed by atoms with Crippen molar-refractivity contribution in [1.82, 2.24) is 0 Å². The van der Waals surface area contributed by atoms with Gasteiger partial charge in [0.25, 0.3) is 0 Å². The van der Waals surface area contributed by atoms with Crippen molar-refractivity contribution in [2.45, 2.75) is 11.3 Å². The number of sulfone groups is 1.